The van der Waals surface area contributed by atoms with E-state index in [1.165, 1.54) is 5.56 Å². The molecule has 0 unspecified atom stereocenters. The van der Waals surface area contributed by atoms with Gasteiger partial charge < -0.3 is 0 Å². The van der Waals surface area contributed by atoms with Crippen molar-refractivity contribution in [3.8, 4) is 0 Å². The van der Waals surface area contributed by atoms with Gasteiger partial charge in [-0.1, -0.05) is 49.1 Å². The van der Waals surface area contributed by atoms with E-state index in [9.17, 15) is 0 Å². The van der Waals surface area contributed by atoms with E-state index in [1.807, 2.05) is 42.7 Å². The van der Waals surface area contributed by atoms with Gasteiger partial charge in [0, 0.05) is 45.1 Å². The molecular formula is C24H28N4. The van der Waals surface area contributed by atoms with Crippen LogP contribution in [0.25, 0.3) is 6.08 Å². The summed E-state index contributed by atoms with van der Waals surface area (Å²) in [6.07, 6.45) is 5.59. The molecule has 2 aromatic heterocycles. The summed E-state index contributed by atoms with van der Waals surface area (Å²) in [7, 11) is 2.15. The van der Waals surface area contributed by atoms with E-state index in [0.29, 0.717) is 0 Å². The molecule has 4 heteroatoms. The van der Waals surface area contributed by atoms with Gasteiger partial charge in [-0.15, -0.1) is 0 Å². The Labute approximate surface area is 168 Å². The first-order valence-corrected chi connectivity index (χ1v) is 9.65. The number of pyridine rings is 2. The van der Waals surface area contributed by atoms with Crippen LogP contribution in [-0.4, -0.2) is 39.9 Å². The maximum atomic E-state index is 4.50. The Bertz CT molecular complexity index is 831. The van der Waals surface area contributed by atoms with Gasteiger partial charge in [-0.05, 0) is 42.4 Å². The summed E-state index contributed by atoms with van der Waals surface area (Å²) in [6.45, 7) is 8.34. The summed E-state index contributed by atoms with van der Waals surface area (Å²) in [5, 5.41) is 0. The normalized spacial score (nSPS) is 11.1. The molecule has 144 valence electrons. The number of hydrogen-bond donors (Lipinski definition) is 0. The lowest BCUT2D eigenvalue weighted by Crippen LogP contribution is -2.33. The molecule has 0 spiro atoms. The topological polar surface area (TPSA) is 32.3 Å². The van der Waals surface area contributed by atoms with Gasteiger partial charge in [0.05, 0.1) is 11.4 Å². The molecule has 0 saturated heterocycles. The molecule has 0 aliphatic heterocycles. The average molecular weight is 373 g/mol. The molecule has 0 atom stereocenters. The van der Waals surface area contributed by atoms with Crippen molar-refractivity contribution in [2.45, 2.75) is 19.6 Å². The van der Waals surface area contributed by atoms with Crippen LogP contribution in [0.15, 0.2) is 79.6 Å². The van der Waals surface area contributed by atoms with Crippen molar-refractivity contribution in [2.24, 2.45) is 0 Å². The third-order valence-electron chi connectivity index (χ3n) is 4.69. The second kappa shape index (κ2) is 10.5. The average Bonchev–Trinajstić information content (AvgIpc) is 2.74. The van der Waals surface area contributed by atoms with Gasteiger partial charge in [0.25, 0.3) is 0 Å². The predicted octanol–water partition coefficient (Wildman–Crippen LogP) is 4.25. The number of rotatable bonds is 10. The maximum absolute atomic E-state index is 4.50. The number of aromatic nitrogens is 2. The second-order valence-corrected chi connectivity index (χ2v) is 7.04. The molecule has 0 saturated carbocycles. The summed E-state index contributed by atoms with van der Waals surface area (Å²) in [6, 6.07) is 20.8. The molecule has 0 amide bonds. The van der Waals surface area contributed by atoms with E-state index in [4.69, 9.17) is 0 Å². The van der Waals surface area contributed by atoms with Crippen LogP contribution < -0.4 is 0 Å². The van der Waals surface area contributed by atoms with Crippen molar-refractivity contribution in [1.82, 2.24) is 19.8 Å². The number of likely N-dealkylation sites (N-methyl/N-ethyl adjacent to an activating group) is 1. The van der Waals surface area contributed by atoms with Crippen molar-refractivity contribution in [2.75, 3.05) is 20.1 Å². The van der Waals surface area contributed by atoms with E-state index >= 15 is 0 Å². The summed E-state index contributed by atoms with van der Waals surface area (Å²) < 4.78 is 0. The Morgan fingerprint density at radius 2 is 1.43 bits per heavy atom. The van der Waals surface area contributed by atoms with Gasteiger partial charge in [0.15, 0.2) is 0 Å². The Hall–Kier alpha value is -2.82. The minimum absolute atomic E-state index is 0.835. The molecule has 1 aromatic carbocycles. The van der Waals surface area contributed by atoms with Crippen molar-refractivity contribution < 1.29 is 0 Å². The summed E-state index contributed by atoms with van der Waals surface area (Å²) in [5.41, 5.74) is 4.64. The van der Waals surface area contributed by atoms with Crippen molar-refractivity contribution in [3.05, 3.63) is 102 Å². The first-order chi connectivity index (χ1) is 13.7. The molecule has 4 nitrogen and oxygen atoms in total. The molecule has 0 radical (unpaired) electrons. The third kappa shape index (κ3) is 6.41. The zero-order valence-electron chi connectivity index (χ0n) is 16.5. The van der Waals surface area contributed by atoms with Crippen molar-refractivity contribution >= 4 is 6.08 Å². The Morgan fingerprint density at radius 1 is 0.786 bits per heavy atom. The maximum Gasteiger partial charge on any atom is 0.0544 e. The molecule has 2 heterocycles. The first kappa shape index (κ1) is 19.9. The quantitative estimate of drug-likeness (QED) is 0.532. The van der Waals surface area contributed by atoms with E-state index in [0.717, 1.165) is 49.7 Å². The van der Waals surface area contributed by atoms with Crippen molar-refractivity contribution in [1.29, 1.82) is 0 Å². The number of benzene rings is 1. The lowest BCUT2D eigenvalue weighted by molar-refractivity contribution is 0.206. The fourth-order valence-electron chi connectivity index (χ4n) is 3.11. The molecule has 28 heavy (non-hydrogen) atoms. The van der Waals surface area contributed by atoms with Crippen LogP contribution in [0.5, 0.6) is 0 Å². The highest BCUT2D eigenvalue weighted by atomic mass is 15.2. The Balaban J connectivity index is 1.62. The highest BCUT2D eigenvalue weighted by Gasteiger charge is 2.10. The van der Waals surface area contributed by atoms with Gasteiger partial charge in [-0.3, -0.25) is 19.8 Å². The second-order valence-electron chi connectivity index (χ2n) is 7.04. The highest BCUT2D eigenvalue weighted by molar-refractivity contribution is 5.47. The first-order valence-electron chi connectivity index (χ1n) is 9.65. The molecule has 3 rings (SSSR count). The van der Waals surface area contributed by atoms with Gasteiger partial charge >= 0.3 is 0 Å². The molecule has 0 N–H and O–H groups in total. The monoisotopic (exact) mass is 372 g/mol. The fraction of sp³-hybridized carbons (Fsp3) is 0.250. The minimum atomic E-state index is 0.835. The van der Waals surface area contributed by atoms with Crippen LogP contribution in [0, 0.1) is 0 Å². The van der Waals surface area contributed by atoms with Gasteiger partial charge in [0.2, 0.25) is 0 Å². The van der Waals surface area contributed by atoms with E-state index in [2.05, 4.69) is 69.8 Å². The Morgan fingerprint density at radius 3 is 2.00 bits per heavy atom. The summed E-state index contributed by atoms with van der Waals surface area (Å²) >= 11 is 0. The van der Waals surface area contributed by atoms with E-state index < -0.39 is 0 Å². The lowest BCUT2D eigenvalue weighted by atomic mass is 10.1. The largest absolute Gasteiger partial charge is 0.299 e. The van der Waals surface area contributed by atoms with Crippen molar-refractivity contribution in [3.63, 3.8) is 0 Å². The fourth-order valence-corrected chi connectivity index (χ4v) is 3.11. The van der Waals surface area contributed by atoms with Crippen LogP contribution in [0.2, 0.25) is 0 Å². The molecule has 0 aliphatic carbocycles. The predicted molar refractivity (Wildman–Crippen MR) is 115 cm³/mol. The summed E-state index contributed by atoms with van der Waals surface area (Å²) in [5.74, 6) is 0. The molecule has 0 aliphatic rings. The van der Waals surface area contributed by atoms with Crippen LogP contribution in [0.3, 0.4) is 0 Å². The molecule has 3 aromatic rings. The van der Waals surface area contributed by atoms with E-state index in [1.54, 1.807) is 0 Å². The molecule has 0 bridgehead atoms. The van der Waals surface area contributed by atoms with Crippen LogP contribution >= 0.6 is 0 Å². The lowest BCUT2D eigenvalue weighted by Gasteiger charge is -2.25. The van der Waals surface area contributed by atoms with Crippen LogP contribution in [0.1, 0.15) is 22.5 Å². The van der Waals surface area contributed by atoms with E-state index in [-0.39, 0.29) is 0 Å². The van der Waals surface area contributed by atoms with Crippen LogP contribution in [0.4, 0.5) is 0 Å². The molecule has 0 fully saturated rings. The highest BCUT2D eigenvalue weighted by Crippen LogP contribution is 2.11. The van der Waals surface area contributed by atoms with Gasteiger partial charge in [-0.25, -0.2) is 0 Å². The zero-order chi connectivity index (χ0) is 19.6. The minimum Gasteiger partial charge on any atom is -0.299 e. The molecular weight excluding hydrogens is 344 g/mol. The van der Waals surface area contributed by atoms with Gasteiger partial charge in [0.1, 0.15) is 0 Å². The standard InChI is InChI=1S/C24H28N4/c1-3-21-10-12-22(13-11-21)18-28(20-24-9-5-7-15-26-24)17-16-27(2)19-23-8-4-6-14-25-23/h3-15H,1,16-20H2,2H3. The third-order valence-corrected chi connectivity index (χ3v) is 4.69. The van der Waals surface area contributed by atoms with Crippen LogP contribution in [-0.2, 0) is 19.6 Å². The van der Waals surface area contributed by atoms with Gasteiger partial charge in [-0.2, -0.15) is 0 Å². The summed E-state index contributed by atoms with van der Waals surface area (Å²) in [4.78, 5) is 13.7. The smallest absolute Gasteiger partial charge is 0.0544 e. The Kier molecular flexibility index (Phi) is 7.47. The zero-order valence-corrected chi connectivity index (χ0v) is 16.5. The number of nitrogens with zero attached hydrogens (tertiary/aromatic N) is 4. The SMILES string of the molecule is C=Cc1ccc(CN(CCN(C)Cc2ccccn2)Cc2ccccn2)cc1. The number of hydrogen-bond acceptors (Lipinski definition) is 4.